The zero-order valence-corrected chi connectivity index (χ0v) is 14.0. The molecule has 0 fully saturated rings. The molecule has 0 unspecified atom stereocenters. The minimum atomic E-state index is -3.48. The van der Waals surface area contributed by atoms with Gasteiger partial charge in [-0.15, -0.1) is 11.3 Å². The summed E-state index contributed by atoms with van der Waals surface area (Å²) in [7, 11) is -1.70. The Bertz CT molecular complexity index is 704. The van der Waals surface area contributed by atoms with Gasteiger partial charge in [0.05, 0.1) is 12.2 Å². The number of rotatable bonds is 7. The van der Waals surface area contributed by atoms with Crippen molar-refractivity contribution in [2.45, 2.75) is 31.1 Å². The van der Waals surface area contributed by atoms with E-state index in [1.165, 1.54) is 11.3 Å². The first kappa shape index (κ1) is 16.2. The fourth-order valence-electron chi connectivity index (χ4n) is 1.85. The molecule has 8 heteroatoms. The molecule has 21 heavy (non-hydrogen) atoms. The summed E-state index contributed by atoms with van der Waals surface area (Å²) in [4.78, 5) is 1.05. The van der Waals surface area contributed by atoms with Crippen molar-refractivity contribution in [2.24, 2.45) is 7.05 Å². The molecule has 0 aliphatic carbocycles. The first-order chi connectivity index (χ1) is 9.94. The van der Waals surface area contributed by atoms with Crippen LogP contribution in [0, 0.1) is 6.92 Å². The molecule has 0 amide bonds. The highest BCUT2D eigenvalue weighted by Gasteiger charge is 2.19. The van der Waals surface area contributed by atoms with E-state index in [0.717, 1.165) is 22.7 Å². The van der Waals surface area contributed by atoms with E-state index in [1.807, 2.05) is 13.8 Å². The van der Waals surface area contributed by atoms with Crippen LogP contribution in [-0.4, -0.2) is 24.7 Å². The van der Waals surface area contributed by atoms with Crippen molar-refractivity contribution in [3.05, 3.63) is 34.5 Å². The van der Waals surface area contributed by atoms with E-state index < -0.39 is 10.0 Å². The van der Waals surface area contributed by atoms with Crippen molar-refractivity contribution in [3.8, 4) is 0 Å². The molecule has 2 rings (SSSR count). The molecule has 0 bridgehead atoms. The van der Waals surface area contributed by atoms with Crippen LogP contribution in [0.1, 0.15) is 23.1 Å². The predicted octanol–water partition coefficient (Wildman–Crippen LogP) is 1.38. The summed E-state index contributed by atoms with van der Waals surface area (Å²) in [6, 6.07) is 3.52. The lowest BCUT2D eigenvalue weighted by molar-refractivity contribution is 0.579. The number of nitrogens with zero attached hydrogens (tertiary/aromatic N) is 2. The maximum atomic E-state index is 12.3. The van der Waals surface area contributed by atoms with Gasteiger partial charge in [-0.3, -0.25) is 4.68 Å². The zero-order valence-electron chi connectivity index (χ0n) is 12.4. The first-order valence-corrected chi connectivity index (χ1v) is 9.00. The molecule has 0 radical (unpaired) electrons. The summed E-state index contributed by atoms with van der Waals surface area (Å²) in [6.45, 7) is 5.75. The molecular formula is C13H20N4O2S2. The van der Waals surface area contributed by atoms with E-state index in [4.69, 9.17) is 0 Å². The Kier molecular flexibility index (Phi) is 5.15. The molecule has 0 aliphatic heterocycles. The van der Waals surface area contributed by atoms with Crippen LogP contribution in [0.3, 0.4) is 0 Å². The van der Waals surface area contributed by atoms with E-state index in [0.29, 0.717) is 10.8 Å². The number of aromatic nitrogens is 2. The van der Waals surface area contributed by atoms with Gasteiger partial charge in [0.1, 0.15) is 4.21 Å². The van der Waals surface area contributed by atoms with E-state index in [-0.39, 0.29) is 6.54 Å². The molecule has 0 atom stereocenters. The molecule has 0 spiro atoms. The van der Waals surface area contributed by atoms with Crippen LogP contribution in [0.25, 0.3) is 0 Å². The van der Waals surface area contributed by atoms with Crippen LogP contribution in [0.15, 0.2) is 22.5 Å². The van der Waals surface area contributed by atoms with Crippen LogP contribution in [0.5, 0.6) is 0 Å². The van der Waals surface area contributed by atoms with E-state index in [9.17, 15) is 8.42 Å². The van der Waals surface area contributed by atoms with Crippen LogP contribution < -0.4 is 10.0 Å². The first-order valence-electron chi connectivity index (χ1n) is 6.70. The van der Waals surface area contributed by atoms with Gasteiger partial charge in [0, 0.05) is 24.7 Å². The molecule has 2 aromatic heterocycles. The lowest BCUT2D eigenvalue weighted by Gasteiger charge is -2.05. The number of hydrogen-bond acceptors (Lipinski definition) is 5. The second kappa shape index (κ2) is 6.69. The Morgan fingerprint density at radius 2 is 2.14 bits per heavy atom. The van der Waals surface area contributed by atoms with Crippen molar-refractivity contribution in [1.29, 1.82) is 0 Å². The van der Waals surface area contributed by atoms with Crippen molar-refractivity contribution in [3.63, 3.8) is 0 Å². The quantitative estimate of drug-likeness (QED) is 0.805. The standard InChI is InChI=1S/C13H20N4O2S2/c1-4-14-9-12-10(2)7-13(20-12)21(18,19)16-8-11-5-6-15-17(11)3/h5-7,14,16H,4,8-9H2,1-3H3. The molecule has 0 aliphatic rings. The minimum absolute atomic E-state index is 0.234. The maximum Gasteiger partial charge on any atom is 0.250 e. The average molecular weight is 328 g/mol. The van der Waals surface area contributed by atoms with Crippen LogP contribution in [-0.2, 0) is 30.2 Å². The fraction of sp³-hybridized carbons (Fsp3) is 0.462. The summed E-state index contributed by atoms with van der Waals surface area (Å²) in [5.74, 6) is 0. The lowest BCUT2D eigenvalue weighted by atomic mass is 10.3. The summed E-state index contributed by atoms with van der Waals surface area (Å²) < 4.78 is 29.3. The van der Waals surface area contributed by atoms with Crippen LogP contribution in [0.4, 0.5) is 0 Å². The third-order valence-electron chi connectivity index (χ3n) is 3.16. The van der Waals surface area contributed by atoms with Crippen LogP contribution in [0.2, 0.25) is 0 Å². The molecular weight excluding hydrogens is 308 g/mol. The summed E-state index contributed by atoms with van der Waals surface area (Å²) in [6.07, 6.45) is 1.65. The highest BCUT2D eigenvalue weighted by Crippen LogP contribution is 2.25. The van der Waals surface area contributed by atoms with Gasteiger partial charge < -0.3 is 5.32 Å². The van der Waals surface area contributed by atoms with Gasteiger partial charge in [-0.25, -0.2) is 13.1 Å². The zero-order chi connectivity index (χ0) is 15.5. The average Bonchev–Trinajstić information content (AvgIpc) is 3.01. The van der Waals surface area contributed by atoms with Gasteiger partial charge in [-0.2, -0.15) is 5.10 Å². The summed E-state index contributed by atoms with van der Waals surface area (Å²) in [5, 5.41) is 7.23. The van der Waals surface area contributed by atoms with Gasteiger partial charge in [0.15, 0.2) is 0 Å². The molecule has 0 saturated heterocycles. The lowest BCUT2D eigenvalue weighted by Crippen LogP contribution is -2.23. The Morgan fingerprint density at radius 3 is 2.76 bits per heavy atom. The number of sulfonamides is 1. The summed E-state index contributed by atoms with van der Waals surface area (Å²) >= 11 is 1.31. The predicted molar refractivity (Wildman–Crippen MR) is 83.7 cm³/mol. The second-order valence-corrected chi connectivity index (χ2v) is 7.85. The molecule has 2 N–H and O–H groups in total. The third kappa shape index (κ3) is 3.91. The maximum absolute atomic E-state index is 12.3. The molecule has 2 heterocycles. The third-order valence-corrected chi connectivity index (χ3v) is 6.28. The van der Waals surface area contributed by atoms with Crippen molar-refractivity contribution < 1.29 is 8.42 Å². The van der Waals surface area contributed by atoms with E-state index >= 15 is 0 Å². The Balaban J connectivity index is 2.10. The van der Waals surface area contributed by atoms with E-state index in [2.05, 4.69) is 15.1 Å². The van der Waals surface area contributed by atoms with Crippen molar-refractivity contribution in [1.82, 2.24) is 19.8 Å². The number of aryl methyl sites for hydroxylation is 2. The van der Waals surface area contributed by atoms with Gasteiger partial charge >= 0.3 is 0 Å². The minimum Gasteiger partial charge on any atom is -0.312 e. The van der Waals surface area contributed by atoms with E-state index in [1.54, 1.807) is 30.1 Å². The highest BCUT2D eigenvalue weighted by molar-refractivity contribution is 7.91. The van der Waals surface area contributed by atoms with Gasteiger partial charge in [0.2, 0.25) is 10.0 Å². The van der Waals surface area contributed by atoms with Crippen LogP contribution >= 0.6 is 11.3 Å². The number of thiophene rings is 1. The number of hydrogen-bond donors (Lipinski definition) is 2. The fourth-order valence-corrected chi connectivity index (χ4v) is 4.45. The van der Waals surface area contributed by atoms with Crippen molar-refractivity contribution in [2.75, 3.05) is 6.54 Å². The largest absolute Gasteiger partial charge is 0.312 e. The molecule has 6 nitrogen and oxygen atoms in total. The monoisotopic (exact) mass is 328 g/mol. The normalized spacial score (nSPS) is 12.0. The molecule has 2 aromatic rings. The van der Waals surface area contributed by atoms with Gasteiger partial charge in [-0.05, 0) is 31.2 Å². The second-order valence-electron chi connectivity index (χ2n) is 4.72. The molecule has 0 saturated carbocycles. The Morgan fingerprint density at radius 1 is 1.38 bits per heavy atom. The SMILES string of the molecule is CCNCc1sc(S(=O)(=O)NCc2ccnn2C)cc1C. The van der Waals surface area contributed by atoms with Gasteiger partial charge in [0.25, 0.3) is 0 Å². The Hall–Kier alpha value is -1.22. The smallest absolute Gasteiger partial charge is 0.250 e. The Labute approximate surface area is 129 Å². The van der Waals surface area contributed by atoms with Gasteiger partial charge in [-0.1, -0.05) is 6.92 Å². The van der Waals surface area contributed by atoms with Crippen molar-refractivity contribution >= 4 is 21.4 Å². The molecule has 116 valence electrons. The summed E-state index contributed by atoms with van der Waals surface area (Å²) in [5.41, 5.74) is 1.82. The highest BCUT2D eigenvalue weighted by atomic mass is 32.2. The topological polar surface area (TPSA) is 76.0 Å². The molecule has 0 aromatic carbocycles. The number of nitrogens with one attached hydrogen (secondary N) is 2.